The van der Waals surface area contributed by atoms with Gasteiger partial charge in [-0.2, -0.15) is 0 Å². The molecular formula is C26H32FN3O2. The van der Waals surface area contributed by atoms with Gasteiger partial charge in [-0.25, -0.2) is 9.18 Å². The minimum atomic E-state index is -0.181. The fraction of sp³-hybridized carbons (Fsp3) is 0.462. The van der Waals surface area contributed by atoms with E-state index in [1.807, 2.05) is 23.1 Å². The van der Waals surface area contributed by atoms with Crippen LogP contribution in [0.4, 0.5) is 14.9 Å². The third-order valence-corrected chi connectivity index (χ3v) is 6.65. The van der Waals surface area contributed by atoms with Gasteiger partial charge in [0.25, 0.3) is 0 Å². The predicted molar refractivity (Wildman–Crippen MR) is 124 cm³/mol. The number of nitrogens with one attached hydrogen (secondary N) is 1. The van der Waals surface area contributed by atoms with Crippen LogP contribution in [0.25, 0.3) is 0 Å². The molecule has 170 valence electrons. The highest BCUT2D eigenvalue weighted by Gasteiger charge is 2.29. The molecule has 0 spiro atoms. The second-order valence-corrected chi connectivity index (χ2v) is 9.27. The number of ketones is 1. The molecule has 0 aliphatic carbocycles. The molecule has 2 heterocycles. The summed E-state index contributed by atoms with van der Waals surface area (Å²) in [5, 5.41) is 2.95. The monoisotopic (exact) mass is 437 g/mol. The van der Waals surface area contributed by atoms with Crippen LogP contribution in [0.3, 0.4) is 0 Å². The third-order valence-electron chi connectivity index (χ3n) is 6.65. The fourth-order valence-electron chi connectivity index (χ4n) is 4.98. The number of urea groups is 1. The summed E-state index contributed by atoms with van der Waals surface area (Å²) < 4.78 is 13.1. The van der Waals surface area contributed by atoms with Gasteiger partial charge in [0, 0.05) is 37.4 Å². The summed E-state index contributed by atoms with van der Waals surface area (Å²) in [5.41, 5.74) is 2.46. The van der Waals surface area contributed by atoms with Crippen molar-refractivity contribution in [3.05, 3.63) is 65.5 Å². The normalized spacial score (nSPS) is 21.5. The molecule has 2 saturated heterocycles. The number of amides is 2. The molecule has 2 aromatic carbocycles. The van der Waals surface area contributed by atoms with Crippen LogP contribution in [0.15, 0.2) is 48.5 Å². The number of hydrogen-bond donors (Lipinski definition) is 1. The van der Waals surface area contributed by atoms with Crippen molar-refractivity contribution in [2.45, 2.75) is 32.6 Å². The summed E-state index contributed by atoms with van der Waals surface area (Å²) in [6, 6.07) is 13.9. The zero-order valence-electron chi connectivity index (χ0n) is 18.7. The van der Waals surface area contributed by atoms with Crippen molar-refractivity contribution in [3.63, 3.8) is 0 Å². The Morgan fingerprint density at radius 2 is 1.84 bits per heavy atom. The molecule has 1 N–H and O–H groups in total. The predicted octanol–water partition coefficient (Wildman–Crippen LogP) is 4.84. The van der Waals surface area contributed by atoms with Gasteiger partial charge in [0.15, 0.2) is 5.78 Å². The first-order valence-electron chi connectivity index (χ1n) is 11.6. The van der Waals surface area contributed by atoms with Gasteiger partial charge in [0.2, 0.25) is 0 Å². The van der Waals surface area contributed by atoms with Crippen molar-refractivity contribution < 1.29 is 14.0 Å². The van der Waals surface area contributed by atoms with Crippen LogP contribution in [0.2, 0.25) is 0 Å². The number of anilines is 1. The summed E-state index contributed by atoms with van der Waals surface area (Å²) in [5.74, 6) is 0.890. The number of halogens is 1. The zero-order valence-corrected chi connectivity index (χ0v) is 18.7. The molecule has 2 aromatic rings. The Morgan fingerprint density at radius 3 is 2.62 bits per heavy atom. The maximum absolute atomic E-state index is 13.1. The highest BCUT2D eigenvalue weighted by atomic mass is 19.1. The second-order valence-electron chi connectivity index (χ2n) is 9.27. The largest absolute Gasteiger partial charge is 0.324 e. The minimum Gasteiger partial charge on any atom is -0.324 e. The highest BCUT2D eigenvalue weighted by Crippen LogP contribution is 2.25. The van der Waals surface area contributed by atoms with Gasteiger partial charge >= 0.3 is 6.03 Å². The quantitative estimate of drug-likeness (QED) is 0.658. The summed E-state index contributed by atoms with van der Waals surface area (Å²) in [6.07, 6.45) is 4.32. The number of likely N-dealkylation sites (tertiary alicyclic amines) is 2. The van der Waals surface area contributed by atoms with Gasteiger partial charge in [-0.15, -0.1) is 0 Å². The Bertz CT molecular complexity index is 946. The SMILES string of the molecule is CC(=O)c1cccc(NC(=O)N2CCCC(CN3CCC(Cc4ccc(F)cc4)C3)C2)c1. The number of carbonyl (C=O) groups is 2. The smallest absolute Gasteiger partial charge is 0.321 e. The molecule has 4 rings (SSSR count). The standard InChI is InChI=1S/C26H32FN3O2/c1-19(31)23-5-2-6-25(15-23)28-26(32)30-12-3-4-22(18-30)17-29-13-11-21(16-29)14-20-7-9-24(27)10-8-20/h2,5-10,15,21-22H,3-4,11-14,16-18H2,1H3,(H,28,32). The summed E-state index contributed by atoms with van der Waals surface area (Å²) in [4.78, 5) is 28.8. The van der Waals surface area contributed by atoms with Crippen LogP contribution in [0.5, 0.6) is 0 Å². The zero-order chi connectivity index (χ0) is 22.5. The molecule has 2 atom stereocenters. The molecule has 2 aliphatic heterocycles. The van der Waals surface area contributed by atoms with Gasteiger partial charge in [-0.3, -0.25) is 4.79 Å². The molecule has 0 bridgehead atoms. The average molecular weight is 438 g/mol. The van der Waals surface area contributed by atoms with Crippen molar-refractivity contribution in [2.24, 2.45) is 11.8 Å². The third kappa shape index (κ3) is 5.94. The number of benzene rings is 2. The Morgan fingerprint density at radius 1 is 1.03 bits per heavy atom. The van der Waals surface area contributed by atoms with Crippen LogP contribution >= 0.6 is 0 Å². The maximum Gasteiger partial charge on any atom is 0.321 e. The first kappa shape index (κ1) is 22.5. The summed E-state index contributed by atoms with van der Waals surface area (Å²) in [7, 11) is 0. The number of carbonyl (C=O) groups excluding carboxylic acids is 2. The van der Waals surface area contributed by atoms with E-state index in [1.54, 1.807) is 30.3 Å². The van der Waals surface area contributed by atoms with Crippen molar-refractivity contribution in [2.75, 3.05) is 38.0 Å². The van der Waals surface area contributed by atoms with E-state index in [0.29, 0.717) is 23.1 Å². The molecule has 32 heavy (non-hydrogen) atoms. The van der Waals surface area contributed by atoms with E-state index in [9.17, 15) is 14.0 Å². The van der Waals surface area contributed by atoms with Crippen molar-refractivity contribution >= 4 is 17.5 Å². The summed E-state index contributed by atoms with van der Waals surface area (Å²) >= 11 is 0. The Balaban J connectivity index is 1.26. The van der Waals surface area contributed by atoms with Gasteiger partial charge in [-0.05, 0) is 80.8 Å². The van der Waals surface area contributed by atoms with E-state index in [2.05, 4.69) is 10.2 Å². The number of hydrogen-bond acceptors (Lipinski definition) is 3. The molecule has 6 heteroatoms. The molecule has 0 aromatic heterocycles. The van der Waals surface area contributed by atoms with E-state index in [1.165, 1.54) is 18.9 Å². The lowest BCUT2D eigenvalue weighted by Gasteiger charge is -2.34. The van der Waals surface area contributed by atoms with Crippen LogP contribution in [0, 0.1) is 17.7 Å². The Kier molecular flexibility index (Phi) is 7.20. The number of piperidine rings is 1. The molecule has 0 radical (unpaired) electrons. The first-order chi connectivity index (χ1) is 15.5. The maximum atomic E-state index is 13.1. The van der Waals surface area contributed by atoms with E-state index in [4.69, 9.17) is 0 Å². The number of nitrogens with zero attached hydrogens (tertiary/aromatic N) is 2. The molecule has 2 unspecified atom stereocenters. The Labute approximate surface area is 189 Å². The van der Waals surface area contributed by atoms with E-state index >= 15 is 0 Å². The van der Waals surface area contributed by atoms with E-state index in [0.717, 1.165) is 52.0 Å². The van der Waals surface area contributed by atoms with Crippen molar-refractivity contribution in [3.8, 4) is 0 Å². The lowest BCUT2D eigenvalue weighted by molar-refractivity contribution is 0.101. The topological polar surface area (TPSA) is 52.7 Å². The number of Topliss-reactive ketones (excluding diaryl/α,β-unsaturated/α-hetero) is 1. The molecule has 0 saturated carbocycles. The Hall–Kier alpha value is -2.73. The lowest BCUT2D eigenvalue weighted by Crippen LogP contribution is -2.45. The van der Waals surface area contributed by atoms with Crippen LogP contribution < -0.4 is 5.32 Å². The average Bonchev–Trinajstić information content (AvgIpc) is 3.22. The van der Waals surface area contributed by atoms with Crippen molar-refractivity contribution in [1.29, 1.82) is 0 Å². The molecule has 5 nitrogen and oxygen atoms in total. The van der Waals surface area contributed by atoms with Gasteiger partial charge in [-0.1, -0.05) is 24.3 Å². The van der Waals surface area contributed by atoms with E-state index < -0.39 is 0 Å². The van der Waals surface area contributed by atoms with Gasteiger partial charge in [0.1, 0.15) is 5.82 Å². The summed E-state index contributed by atoms with van der Waals surface area (Å²) in [6.45, 7) is 6.23. The van der Waals surface area contributed by atoms with Crippen LogP contribution in [-0.4, -0.2) is 54.3 Å². The minimum absolute atomic E-state index is 0.0116. The van der Waals surface area contributed by atoms with Gasteiger partial charge < -0.3 is 15.1 Å². The molecule has 2 fully saturated rings. The molecule has 2 aliphatic rings. The second kappa shape index (κ2) is 10.3. The first-order valence-corrected chi connectivity index (χ1v) is 11.6. The molecule has 2 amide bonds. The van der Waals surface area contributed by atoms with Crippen molar-refractivity contribution in [1.82, 2.24) is 9.80 Å². The van der Waals surface area contributed by atoms with Gasteiger partial charge in [0.05, 0.1) is 0 Å². The van der Waals surface area contributed by atoms with E-state index in [-0.39, 0.29) is 17.6 Å². The highest BCUT2D eigenvalue weighted by molar-refractivity contribution is 5.96. The van der Waals surface area contributed by atoms with Crippen LogP contribution in [-0.2, 0) is 6.42 Å². The lowest BCUT2D eigenvalue weighted by atomic mass is 9.97. The molecular weight excluding hydrogens is 405 g/mol. The number of rotatable bonds is 6. The fourth-order valence-corrected chi connectivity index (χ4v) is 4.98. The van der Waals surface area contributed by atoms with Crippen LogP contribution in [0.1, 0.15) is 42.1 Å².